The van der Waals surface area contributed by atoms with Crippen molar-refractivity contribution in [1.82, 2.24) is 30.4 Å². The smallest absolute Gasteiger partial charge is 0.246 e. The summed E-state index contributed by atoms with van der Waals surface area (Å²) in [6, 6.07) is 9.50. The van der Waals surface area contributed by atoms with Crippen molar-refractivity contribution in [1.29, 1.82) is 0 Å². The van der Waals surface area contributed by atoms with Crippen molar-refractivity contribution in [3.63, 3.8) is 0 Å². The fourth-order valence-corrected chi connectivity index (χ4v) is 3.22. The Morgan fingerprint density at radius 2 is 2.00 bits per heavy atom. The standard InChI is InChI=1S/C18H25N7O2.ClH/c19-10-9-16(26)20-12-15-8-4-5-11-24(15)17(27)13-25-22-18(21-23-25)14-6-2-1-3-7-14;/h1-3,6-7,15H,4-5,8-13,19H2,(H,20,26);1H. The molecule has 0 aliphatic carbocycles. The van der Waals surface area contributed by atoms with Crippen molar-refractivity contribution in [3.05, 3.63) is 30.3 Å². The van der Waals surface area contributed by atoms with E-state index >= 15 is 0 Å². The van der Waals surface area contributed by atoms with Crippen molar-refractivity contribution in [2.24, 2.45) is 5.73 Å². The van der Waals surface area contributed by atoms with Gasteiger partial charge in [-0.1, -0.05) is 30.3 Å². The van der Waals surface area contributed by atoms with Crippen LogP contribution in [0, 0.1) is 0 Å². The maximum atomic E-state index is 12.8. The van der Waals surface area contributed by atoms with Crippen LogP contribution in [0.3, 0.4) is 0 Å². The lowest BCUT2D eigenvalue weighted by molar-refractivity contribution is -0.136. The van der Waals surface area contributed by atoms with Crippen molar-refractivity contribution >= 4 is 24.2 Å². The first-order valence-corrected chi connectivity index (χ1v) is 9.27. The van der Waals surface area contributed by atoms with Gasteiger partial charge in [0.2, 0.25) is 17.6 Å². The van der Waals surface area contributed by atoms with Gasteiger partial charge in [-0.15, -0.1) is 22.6 Å². The number of hydrogen-bond donors (Lipinski definition) is 2. The van der Waals surface area contributed by atoms with Crippen LogP contribution in [0.1, 0.15) is 25.7 Å². The third-order valence-electron chi connectivity index (χ3n) is 4.62. The van der Waals surface area contributed by atoms with Gasteiger partial charge in [0, 0.05) is 37.7 Å². The lowest BCUT2D eigenvalue weighted by Crippen LogP contribution is -2.50. The summed E-state index contributed by atoms with van der Waals surface area (Å²) in [5.74, 6) is 0.346. The second kappa shape index (κ2) is 10.7. The van der Waals surface area contributed by atoms with Crippen LogP contribution in [0.25, 0.3) is 11.4 Å². The van der Waals surface area contributed by atoms with E-state index in [4.69, 9.17) is 5.73 Å². The fourth-order valence-electron chi connectivity index (χ4n) is 3.22. The molecule has 0 saturated carbocycles. The number of nitrogens with one attached hydrogen (secondary N) is 1. The van der Waals surface area contributed by atoms with Crippen LogP contribution in [-0.4, -0.2) is 62.6 Å². The number of benzene rings is 1. The molecule has 1 atom stereocenters. The number of carbonyl (C=O) groups excluding carboxylic acids is 2. The SMILES string of the molecule is Cl.NCCC(=O)NCC1CCCCN1C(=O)Cn1nnc(-c2ccccc2)n1. The first kappa shape index (κ1) is 21.8. The van der Waals surface area contributed by atoms with Gasteiger partial charge in [-0.2, -0.15) is 4.80 Å². The monoisotopic (exact) mass is 407 g/mol. The number of hydrogen-bond acceptors (Lipinski definition) is 6. The first-order valence-electron chi connectivity index (χ1n) is 9.27. The molecule has 1 saturated heterocycles. The summed E-state index contributed by atoms with van der Waals surface area (Å²) in [5.41, 5.74) is 6.25. The van der Waals surface area contributed by atoms with Gasteiger partial charge in [0.25, 0.3) is 0 Å². The van der Waals surface area contributed by atoms with Crippen molar-refractivity contribution < 1.29 is 9.59 Å². The third kappa shape index (κ3) is 5.74. The Morgan fingerprint density at radius 1 is 1.21 bits per heavy atom. The molecule has 0 radical (unpaired) electrons. The molecule has 28 heavy (non-hydrogen) atoms. The van der Waals surface area contributed by atoms with E-state index in [9.17, 15) is 9.59 Å². The van der Waals surface area contributed by atoms with Crippen LogP contribution in [0.4, 0.5) is 0 Å². The zero-order chi connectivity index (χ0) is 19.1. The zero-order valence-electron chi connectivity index (χ0n) is 15.7. The summed E-state index contributed by atoms with van der Waals surface area (Å²) < 4.78 is 0. The Kier molecular flexibility index (Phi) is 8.34. The lowest BCUT2D eigenvalue weighted by Gasteiger charge is -2.35. The number of amides is 2. The van der Waals surface area contributed by atoms with E-state index in [1.807, 2.05) is 35.2 Å². The number of halogens is 1. The minimum absolute atomic E-state index is 0. The highest BCUT2D eigenvalue weighted by molar-refractivity contribution is 5.85. The van der Waals surface area contributed by atoms with Crippen LogP contribution in [0.2, 0.25) is 0 Å². The summed E-state index contributed by atoms with van der Waals surface area (Å²) in [5, 5.41) is 15.2. The Balaban J connectivity index is 0.00000280. The van der Waals surface area contributed by atoms with Crippen LogP contribution < -0.4 is 11.1 Å². The number of carbonyl (C=O) groups is 2. The molecule has 1 fully saturated rings. The first-order chi connectivity index (χ1) is 13.2. The Morgan fingerprint density at radius 3 is 2.75 bits per heavy atom. The average Bonchev–Trinajstić information content (AvgIpc) is 3.16. The Labute approximate surface area is 170 Å². The molecule has 1 unspecified atom stereocenters. The average molecular weight is 408 g/mol. The summed E-state index contributed by atoms with van der Waals surface area (Å²) in [4.78, 5) is 27.6. The Hall–Kier alpha value is -2.52. The molecule has 1 aromatic heterocycles. The molecule has 3 rings (SSSR count). The van der Waals surface area contributed by atoms with Crippen LogP contribution in [-0.2, 0) is 16.1 Å². The highest BCUT2D eigenvalue weighted by Gasteiger charge is 2.27. The van der Waals surface area contributed by atoms with Crippen molar-refractivity contribution in [2.45, 2.75) is 38.3 Å². The zero-order valence-corrected chi connectivity index (χ0v) is 16.5. The summed E-state index contributed by atoms with van der Waals surface area (Å²) in [6.07, 6.45) is 3.17. The van der Waals surface area contributed by atoms with E-state index in [0.29, 0.717) is 31.9 Å². The number of piperidine rings is 1. The van der Waals surface area contributed by atoms with Crippen LogP contribution >= 0.6 is 12.4 Å². The third-order valence-corrected chi connectivity index (χ3v) is 4.62. The minimum Gasteiger partial charge on any atom is -0.354 e. The second-order valence-electron chi connectivity index (χ2n) is 6.59. The number of nitrogens with two attached hydrogens (primary N) is 1. The molecule has 152 valence electrons. The lowest BCUT2D eigenvalue weighted by atomic mass is 10.0. The number of nitrogens with zero attached hydrogens (tertiary/aromatic N) is 5. The van der Waals surface area contributed by atoms with Gasteiger partial charge in [0.1, 0.15) is 6.54 Å². The van der Waals surface area contributed by atoms with E-state index < -0.39 is 0 Å². The maximum absolute atomic E-state index is 12.8. The molecule has 3 N–H and O–H groups in total. The van der Waals surface area contributed by atoms with Gasteiger partial charge in [-0.25, -0.2) is 0 Å². The molecule has 0 spiro atoms. The van der Waals surface area contributed by atoms with Gasteiger partial charge in [-0.3, -0.25) is 9.59 Å². The molecular weight excluding hydrogens is 382 g/mol. The molecule has 9 nitrogen and oxygen atoms in total. The normalized spacial score (nSPS) is 16.3. The quantitative estimate of drug-likeness (QED) is 0.694. The molecule has 2 amide bonds. The van der Waals surface area contributed by atoms with Crippen LogP contribution in [0.15, 0.2) is 30.3 Å². The second-order valence-corrected chi connectivity index (χ2v) is 6.59. The predicted molar refractivity (Wildman–Crippen MR) is 107 cm³/mol. The van der Waals surface area contributed by atoms with E-state index in [1.165, 1.54) is 4.80 Å². The van der Waals surface area contributed by atoms with Gasteiger partial charge < -0.3 is 16.0 Å². The highest BCUT2D eigenvalue weighted by atomic mass is 35.5. The summed E-state index contributed by atoms with van der Waals surface area (Å²) in [6.45, 7) is 1.48. The number of tetrazole rings is 1. The molecule has 1 aromatic carbocycles. The summed E-state index contributed by atoms with van der Waals surface area (Å²) in [7, 11) is 0. The van der Waals surface area contributed by atoms with E-state index in [0.717, 1.165) is 24.8 Å². The predicted octanol–water partition coefficient (Wildman–Crippen LogP) is 0.608. The molecule has 2 aromatic rings. The molecule has 0 bridgehead atoms. The number of rotatable bonds is 7. The van der Waals surface area contributed by atoms with Gasteiger partial charge in [0.15, 0.2) is 0 Å². The molecular formula is C18H26ClN7O2. The number of aromatic nitrogens is 4. The van der Waals surface area contributed by atoms with Crippen molar-refractivity contribution in [3.8, 4) is 11.4 Å². The van der Waals surface area contributed by atoms with Gasteiger partial charge in [-0.05, 0) is 24.5 Å². The van der Waals surface area contributed by atoms with Crippen LogP contribution in [0.5, 0.6) is 0 Å². The van der Waals surface area contributed by atoms with Crippen molar-refractivity contribution in [2.75, 3.05) is 19.6 Å². The summed E-state index contributed by atoms with van der Waals surface area (Å²) >= 11 is 0. The molecule has 10 heteroatoms. The molecule has 2 heterocycles. The molecule has 1 aliphatic rings. The largest absolute Gasteiger partial charge is 0.354 e. The molecule has 1 aliphatic heterocycles. The van der Waals surface area contributed by atoms with E-state index in [1.54, 1.807) is 0 Å². The number of likely N-dealkylation sites (tertiary alicyclic amines) is 1. The van der Waals surface area contributed by atoms with Gasteiger partial charge in [0.05, 0.1) is 0 Å². The maximum Gasteiger partial charge on any atom is 0.246 e. The minimum atomic E-state index is -0.0825. The topological polar surface area (TPSA) is 119 Å². The van der Waals surface area contributed by atoms with E-state index in [-0.39, 0.29) is 36.8 Å². The van der Waals surface area contributed by atoms with Gasteiger partial charge >= 0.3 is 0 Å². The highest BCUT2D eigenvalue weighted by Crippen LogP contribution is 2.17. The fraction of sp³-hybridized carbons (Fsp3) is 0.500. The Bertz CT molecular complexity index is 768. The van der Waals surface area contributed by atoms with E-state index in [2.05, 4.69) is 20.7 Å².